The first-order valence-corrected chi connectivity index (χ1v) is 4.94. The van der Waals surface area contributed by atoms with Gasteiger partial charge in [-0.2, -0.15) is 0 Å². The predicted molar refractivity (Wildman–Crippen MR) is 59.9 cm³/mol. The average Bonchev–Trinajstić information content (AvgIpc) is 2.13. The Morgan fingerprint density at radius 3 is 1.54 bits per heavy atom. The SMILES string of the molecule is CCCCN.Cc1ccc(C)cc1. The summed E-state index contributed by atoms with van der Waals surface area (Å²) in [6.07, 6.45) is 2.39. The molecule has 1 aromatic carbocycles. The van der Waals surface area contributed by atoms with Crippen molar-refractivity contribution in [3.8, 4) is 0 Å². The van der Waals surface area contributed by atoms with Crippen molar-refractivity contribution < 1.29 is 0 Å². The number of aryl methyl sites for hydroxylation is 2. The number of nitrogens with two attached hydrogens (primary N) is 1. The van der Waals surface area contributed by atoms with Crippen LogP contribution in [0.3, 0.4) is 0 Å². The van der Waals surface area contributed by atoms with Crippen molar-refractivity contribution in [3.63, 3.8) is 0 Å². The molecule has 0 saturated heterocycles. The van der Waals surface area contributed by atoms with Gasteiger partial charge in [0.1, 0.15) is 0 Å². The maximum Gasteiger partial charge on any atom is -0.00774 e. The van der Waals surface area contributed by atoms with Crippen LogP contribution in [-0.4, -0.2) is 6.54 Å². The fourth-order valence-electron chi connectivity index (χ4n) is 0.841. The fourth-order valence-corrected chi connectivity index (χ4v) is 0.841. The lowest BCUT2D eigenvalue weighted by molar-refractivity contribution is 0.807. The first-order valence-electron chi connectivity index (χ1n) is 4.94. The van der Waals surface area contributed by atoms with Gasteiger partial charge >= 0.3 is 0 Å². The van der Waals surface area contributed by atoms with Gasteiger partial charge in [-0.3, -0.25) is 0 Å². The summed E-state index contributed by atoms with van der Waals surface area (Å²) < 4.78 is 0. The van der Waals surface area contributed by atoms with E-state index in [2.05, 4.69) is 45.0 Å². The Morgan fingerprint density at radius 2 is 1.38 bits per heavy atom. The lowest BCUT2D eigenvalue weighted by Gasteiger charge is -1.90. The molecule has 1 nitrogen and oxygen atoms in total. The zero-order chi connectivity index (χ0) is 10.1. The second-order valence-electron chi connectivity index (χ2n) is 3.30. The first-order chi connectivity index (χ1) is 6.20. The van der Waals surface area contributed by atoms with Gasteiger partial charge in [-0.05, 0) is 26.8 Å². The largest absolute Gasteiger partial charge is 0.330 e. The topological polar surface area (TPSA) is 26.0 Å². The Balaban J connectivity index is 0.000000252. The second-order valence-corrected chi connectivity index (χ2v) is 3.30. The molecule has 0 unspecified atom stereocenters. The van der Waals surface area contributed by atoms with Gasteiger partial charge < -0.3 is 5.73 Å². The summed E-state index contributed by atoms with van der Waals surface area (Å²) in [5.74, 6) is 0. The molecule has 1 rings (SSSR count). The second kappa shape index (κ2) is 7.81. The Morgan fingerprint density at radius 1 is 1.00 bits per heavy atom. The molecule has 2 N–H and O–H groups in total. The molecule has 0 spiro atoms. The van der Waals surface area contributed by atoms with Crippen molar-refractivity contribution >= 4 is 0 Å². The zero-order valence-corrected chi connectivity index (χ0v) is 9.01. The third-order valence-corrected chi connectivity index (χ3v) is 1.78. The van der Waals surface area contributed by atoms with Crippen molar-refractivity contribution in [2.75, 3.05) is 6.54 Å². The van der Waals surface area contributed by atoms with Gasteiger partial charge in [0.05, 0.1) is 0 Å². The third-order valence-electron chi connectivity index (χ3n) is 1.78. The predicted octanol–water partition coefficient (Wildman–Crippen LogP) is 3.05. The summed E-state index contributed by atoms with van der Waals surface area (Å²) in [5.41, 5.74) is 7.80. The molecule has 0 aliphatic rings. The minimum atomic E-state index is 0.844. The summed E-state index contributed by atoms with van der Waals surface area (Å²) in [6, 6.07) is 8.48. The molecule has 0 atom stereocenters. The summed E-state index contributed by atoms with van der Waals surface area (Å²) in [7, 11) is 0. The molecule has 0 fully saturated rings. The first kappa shape index (κ1) is 12.2. The summed E-state index contributed by atoms with van der Waals surface area (Å²) in [5, 5.41) is 0. The van der Waals surface area contributed by atoms with Gasteiger partial charge in [0.15, 0.2) is 0 Å². The van der Waals surface area contributed by atoms with Crippen LogP contribution in [0.4, 0.5) is 0 Å². The monoisotopic (exact) mass is 179 g/mol. The summed E-state index contributed by atoms with van der Waals surface area (Å²) >= 11 is 0. The van der Waals surface area contributed by atoms with Crippen LogP contribution in [0.15, 0.2) is 24.3 Å². The molecule has 0 aromatic heterocycles. The molecule has 1 heteroatoms. The maximum atomic E-state index is 5.14. The number of benzene rings is 1. The number of hydrogen-bond acceptors (Lipinski definition) is 1. The van der Waals surface area contributed by atoms with Crippen molar-refractivity contribution in [1.29, 1.82) is 0 Å². The van der Waals surface area contributed by atoms with Gasteiger partial charge in [0, 0.05) is 0 Å². The van der Waals surface area contributed by atoms with E-state index in [-0.39, 0.29) is 0 Å². The molecular formula is C12H21N. The quantitative estimate of drug-likeness (QED) is 0.742. The highest BCUT2D eigenvalue weighted by Gasteiger charge is 1.79. The molecule has 0 radical (unpaired) electrons. The van der Waals surface area contributed by atoms with Gasteiger partial charge in [-0.15, -0.1) is 0 Å². The lowest BCUT2D eigenvalue weighted by Crippen LogP contribution is -1.95. The normalized spacial score (nSPS) is 8.92. The highest BCUT2D eigenvalue weighted by molar-refractivity contribution is 5.19. The van der Waals surface area contributed by atoms with Crippen LogP contribution in [0.5, 0.6) is 0 Å². The maximum absolute atomic E-state index is 5.14. The van der Waals surface area contributed by atoms with E-state index in [4.69, 9.17) is 5.73 Å². The number of hydrogen-bond donors (Lipinski definition) is 1. The van der Waals surface area contributed by atoms with Crippen LogP contribution in [0.25, 0.3) is 0 Å². The molecule has 0 saturated carbocycles. The molecular weight excluding hydrogens is 158 g/mol. The smallest absolute Gasteiger partial charge is 0.00774 e. The highest BCUT2D eigenvalue weighted by atomic mass is 14.5. The van der Waals surface area contributed by atoms with Crippen LogP contribution in [0.1, 0.15) is 30.9 Å². The van der Waals surface area contributed by atoms with Crippen molar-refractivity contribution in [2.24, 2.45) is 5.73 Å². The van der Waals surface area contributed by atoms with E-state index in [0.717, 1.165) is 6.54 Å². The Kier molecular flexibility index (Phi) is 7.32. The highest BCUT2D eigenvalue weighted by Crippen LogP contribution is 1.99. The summed E-state index contributed by atoms with van der Waals surface area (Å²) in [6.45, 7) is 7.17. The van der Waals surface area contributed by atoms with E-state index in [1.807, 2.05) is 0 Å². The lowest BCUT2D eigenvalue weighted by atomic mass is 10.2. The van der Waals surface area contributed by atoms with Crippen LogP contribution < -0.4 is 5.73 Å². The van der Waals surface area contributed by atoms with Gasteiger partial charge in [0.2, 0.25) is 0 Å². The Hall–Kier alpha value is -0.820. The van der Waals surface area contributed by atoms with E-state index in [1.54, 1.807) is 0 Å². The minimum Gasteiger partial charge on any atom is -0.330 e. The number of rotatable bonds is 2. The molecule has 13 heavy (non-hydrogen) atoms. The fraction of sp³-hybridized carbons (Fsp3) is 0.500. The van der Waals surface area contributed by atoms with Crippen LogP contribution in [-0.2, 0) is 0 Å². The molecule has 0 aliphatic carbocycles. The van der Waals surface area contributed by atoms with E-state index in [9.17, 15) is 0 Å². The number of unbranched alkanes of at least 4 members (excludes halogenated alkanes) is 1. The zero-order valence-electron chi connectivity index (χ0n) is 9.01. The molecule has 0 bridgehead atoms. The molecule has 0 amide bonds. The van der Waals surface area contributed by atoms with Crippen molar-refractivity contribution in [2.45, 2.75) is 33.6 Å². The van der Waals surface area contributed by atoms with E-state index in [1.165, 1.54) is 24.0 Å². The van der Waals surface area contributed by atoms with E-state index in [0.29, 0.717) is 0 Å². The Bertz CT molecular complexity index is 178. The molecule has 0 heterocycles. The third kappa shape index (κ3) is 7.54. The van der Waals surface area contributed by atoms with Crippen LogP contribution in [0.2, 0.25) is 0 Å². The Labute approximate surface area is 82.0 Å². The summed E-state index contributed by atoms with van der Waals surface area (Å²) in [4.78, 5) is 0. The minimum absolute atomic E-state index is 0.844. The van der Waals surface area contributed by atoms with Crippen molar-refractivity contribution in [1.82, 2.24) is 0 Å². The van der Waals surface area contributed by atoms with E-state index >= 15 is 0 Å². The van der Waals surface area contributed by atoms with E-state index < -0.39 is 0 Å². The van der Waals surface area contributed by atoms with Crippen molar-refractivity contribution in [3.05, 3.63) is 35.4 Å². The molecule has 1 aromatic rings. The molecule has 74 valence electrons. The van der Waals surface area contributed by atoms with Gasteiger partial charge in [-0.1, -0.05) is 48.7 Å². The van der Waals surface area contributed by atoms with Crippen LogP contribution >= 0.6 is 0 Å². The van der Waals surface area contributed by atoms with Crippen LogP contribution in [0, 0.1) is 13.8 Å². The molecule has 0 aliphatic heterocycles. The average molecular weight is 179 g/mol. The van der Waals surface area contributed by atoms with Gasteiger partial charge in [0.25, 0.3) is 0 Å². The standard InChI is InChI=1S/C8H10.C4H11N/c1-7-3-5-8(2)6-4-7;1-2-3-4-5/h3-6H,1-2H3;2-5H2,1H3. The van der Waals surface area contributed by atoms with Gasteiger partial charge in [-0.25, -0.2) is 0 Å².